The molecule has 0 spiro atoms. The largest absolute Gasteiger partial charge is 0.493 e. The second-order valence-electron chi connectivity index (χ2n) is 5.53. The predicted octanol–water partition coefficient (Wildman–Crippen LogP) is 3.27. The molecule has 0 aliphatic heterocycles. The molecule has 2 atom stereocenters. The van der Waals surface area contributed by atoms with Crippen molar-refractivity contribution in [1.82, 2.24) is 5.32 Å². The van der Waals surface area contributed by atoms with Crippen molar-refractivity contribution in [2.45, 2.75) is 39.2 Å². The fraction of sp³-hybridized carbons (Fsp3) is 0.588. The Kier molecular flexibility index (Phi) is 5.92. The molecule has 1 aromatic carbocycles. The van der Waals surface area contributed by atoms with E-state index in [0.29, 0.717) is 12.6 Å². The van der Waals surface area contributed by atoms with Gasteiger partial charge in [-0.05, 0) is 37.8 Å². The van der Waals surface area contributed by atoms with Gasteiger partial charge >= 0.3 is 0 Å². The molecule has 0 bridgehead atoms. The van der Waals surface area contributed by atoms with Crippen LogP contribution in [0.3, 0.4) is 0 Å². The van der Waals surface area contributed by atoms with Crippen LogP contribution in [0.2, 0.25) is 0 Å². The fourth-order valence-corrected chi connectivity index (χ4v) is 2.61. The maximum absolute atomic E-state index is 5.60. The van der Waals surface area contributed by atoms with Crippen molar-refractivity contribution in [3.63, 3.8) is 0 Å². The quantitative estimate of drug-likeness (QED) is 0.599. The van der Waals surface area contributed by atoms with Crippen molar-refractivity contribution in [2.24, 2.45) is 10.9 Å². The first-order valence-corrected chi connectivity index (χ1v) is 8.02. The minimum Gasteiger partial charge on any atom is -0.493 e. The molecule has 2 unspecified atom stereocenters. The van der Waals surface area contributed by atoms with Crippen molar-refractivity contribution in [3.8, 4) is 11.5 Å². The molecule has 5 nitrogen and oxygen atoms in total. The van der Waals surface area contributed by atoms with Crippen LogP contribution < -0.4 is 20.1 Å². The molecule has 0 saturated heterocycles. The van der Waals surface area contributed by atoms with Crippen molar-refractivity contribution in [3.05, 3.63) is 18.2 Å². The van der Waals surface area contributed by atoms with Gasteiger partial charge in [0.2, 0.25) is 0 Å². The molecule has 2 N–H and O–H groups in total. The minimum atomic E-state index is 0.552. The standard InChI is InChI=1S/C17H27N3O2/c1-5-7-12-10-14(12)20-17(18-3)19-13-8-9-15(21-4)16(11-13)22-6-2/h8-9,11-12,14H,5-7,10H2,1-4H3,(H2,18,19,20). The van der Waals surface area contributed by atoms with Gasteiger partial charge in [0.1, 0.15) is 0 Å². The van der Waals surface area contributed by atoms with Gasteiger partial charge in [0, 0.05) is 24.8 Å². The van der Waals surface area contributed by atoms with E-state index in [-0.39, 0.29) is 0 Å². The molecule has 1 aromatic rings. The first-order chi connectivity index (χ1) is 10.7. The van der Waals surface area contributed by atoms with E-state index in [4.69, 9.17) is 9.47 Å². The van der Waals surface area contributed by atoms with E-state index in [1.807, 2.05) is 25.1 Å². The highest BCUT2D eigenvalue weighted by atomic mass is 16.5. The van der Waals surface area contributed by atoms with Gasteiger partial charge in [-0.3, -0.25) is 4.99 Å². The Morgan fingerprint density at radius 3 is 2.77 bits per heavy atom. The number of nitrogens with one attached hydrogen (secondary N) is 2. The normalized spacial score (nSPS) is 20.5. The van der Waals surface area contributed by atoms with Crippen LogP contribution in [-0.4, -0.2) is 32.8 Å². The second-order valence-corrected chi connectivity index (χ2v) is 5.53. The van der Waals surface area contributed by atoms with Crippen molar-refractivity contribution in [2.75, 3.05) is 26.1 Å². The SMILES string of the molecule is CCCC1CC1NC(=NC)Nc1ccc(OC)c(OCC)c1. The summed E-state index contributed by atoms with van der Waals surface area (Å²) in [5, 5.41) is 6.79. The van der Waals surface area contributed by atoms with E-state index < -0.39 is 0 Å². The van der Waals surface area contributed by atoms with Gasteiger partial charge in [0.25, 0.3) is 0 Å². The zero-order chi connectivity index (χ0) is 15.9. The fourth-order valence-electron chi connectivity index (χ4n) is 2.61. The third-order valence-electron chi connectivity index (χ3n) is 3.85. The molecule has 1 fully saturated rings. The van der Waals surface area contributed by atoms with Crippen LogP contribution in [0.1, 0.15) is 33.1 Å². The summed E-state index contributed by atoms with van der Waals surface area (Å²) in [6.45, 7) is 4.80. The molecule has 5 heteroatoms. The molecule has 1 aliphatic carbocycles. The summed E-state index contributed by atoms with van der Waals surface area (Å²) in [6, 6.07) is 6.35. The van der Waals surface area contributed by atoms with Crippen LogP contribution in [0, 0.1) is 5.92 Å². The van der Waals surface area contributed by atoms with Crippen LogP contribution in [0.15, 0.2) is 23.2 Å². The molecule has 1 saturated carbocycles. The van der Waals surface area contributed by atoms with Crippen LogP contribution in [0.5, 0.6) is 11.5 Å². The number of anilines is 1. The third kappa shape index (κ3) is 4.29. The smallest absolute Gasteiger partial charge is 0.195 e. The van der Waals surface area contributed by atoms with Gasteiger partial charge in [0.05, 0.1) is 13.7 Å². The monoisotopic (exact) mass is 305 g/mol. The highest BCUT2D eigenvalue weighted by Gasteiger charge is 2.36. The molecule has 0 amide bonds. The Bertz CT molecular complexity index is 517. The van der Waals surface area contributed by atoms with Gasteiger partial charge < -0.3 is 20.1 Å². The first kappa shape index (κ1) is 16.5. The van der Waals surface area contributed by atoms with Crippen LogP contribution >= 0.6 is 0 Å². The zero-order valence-corrected chi connectivity index (χ0v) is 14.0. The summed E-state index contributed by atoms with van der Waals surface area (Å²) >= 11 is 0. The molecular weight excluding hydrogens is 278 g/mol. The van der Waals surface area contributed by atoms with Crippen LogP contribution in [0.25, 0.3) is 0 Å². The topological polar surface area (TPSA) is 54.9 Å². The Morgan fingerprint density at radius 1 is 1.32 bits per heavy atom. The molecule has 0 aromatic heterocycles. The lowest BCUT2D eigenvalue weighted by Gasteiger charge is -2.14. The van der Waals surface area contributed by atoms with E-state index in [1.54, 1.807) is 14.2 Å². The average Bonchev–Trinajstić information content (AvgIpc) is 3.25. The molecule has 22 heavy (non-hydrogen) atoms. The third-order valence-corrected chi connectivity index (χ3v) is 3.85. The van der Waals surface area contributed by atoms with Gasteiger partial charge in [-0.1, -0.05) is 13.3 Å². The lowest BCUT2D eigenvalue weighted by molar-refractivity contribution is 0.311. The van der Waals surface area contributed by atoms with Crippen molar-refractivity contribution >= 4 is 11.6 Å². The zero-order valence-electron chi connectivity index (χ0n) is 14.0. The van der Waals surface area contributed by atoms with Gasteiger partial charge in [-0.2, -0.15) is 0 Å². The van der Waals surface area contributed by atoms with Crippen molar-refractivity contribution in [1.29, 1.82) is 0 Å². The summed E-state index contributed by atoms with van der Waals surface area (Å²) < 4.78 is 10.9. The first-order valence-electron chi connectivity index (χ1n) is 8.02. The summed E-state index contributed by atoms with van der Waals surface area (Å²) in [6.07, 6.45) is 3.76. The van der Waals surface area contributed by atoms with E-state index in [0.717, 1.165) is 29.1 Å². The Hall–Kier alpha value is -1.91. The Morgan fingerprint density at radius 2 is 2.14 bits per heavy atom. The number of nitrogens with zero attached hydrogens (tertiary/aromatic N) is 1. The minimum absolute atomic E-state index is 0.552. The van der Waals surface area contributed by atoms with E-state index in [1.165, 1.54) is 19.3 Å². The average molecular weight is 305 g/mol. The van der Waals surface area contributed by atoms with Crippen LogP contribution in [-0.2, 0) is 0 Å². The number of guanidine groups is 1. The highest BCUT2D eigenvalue weighted by molar-refractivity contribution is 5.94. The number of methoxy groups -OCH3 is 1. The van der Waals surface area contributed by atoms with E-state index in [9.17, 15) is 0 Å². The number of aliphatic imine (C=N–C) groups is 1. The summed E-state index contributed by atoms with van der Waals surface area (Å²) in [4.78, 5) is 4.30. The predicted molar refractivity (Wildman–Crippen MR) is 91.1 cm³/mol. The lowest BCUT2D eigenvalue weighted by Crippen LogP contribution is -2.33. The molecule has 1 aliphatic rings. The summed E-state index contributed by atoms with van der Waals surface area (Å²) in [5.74, 6) is 3.07. The number of benzene rings is 1. The Balaban J connectivity index is 1.97. The number of hydrogen-bond donors (Lipinski definition) is 2. The van der Waals surface area contributed by atoms with Crippen molar-refractivity contribution < 1.29 is 9.47 Å². The second kappa shape index (κ2) is 7.92. The molecular formula is C17H27N3O2. The van der Waals surface area contributed by atoms with E-state index >= 15 is 0 Å². The van der Waals surface area contributed by atoms with Gasteiger partial charge in [-0.15, -0.1) is 0 Å². The van der Waals surface area contributed by atoms with Crippen LogP contribution in [0.4, 0.5) is 5.69 Å². The summed E-state index contributed by atoms with van der Waals surface area (Å²) in [7, 11) is 3.44. The van der Waals surface area contributed by atoms with Gasteiger partial charge in [-0.25, -0.2) is 0 Å². The maximum atomic E-state index is 5.60. The molecule has 0 radical (unpaired) electrons. The number of hydrogen-bond acceptors (Lipinski definition) is 3. The molecule has 122 valence electrons. The highest BCUT2D eigenvalue weighted by Crippen LogP contribution is 2.35. The maximum Gasteiger partial charge on any atom is 0.195 e. The number of rotatable bonds is 7. The van der Waals surface area contributed by atoms with Gasteiger partial charge in [0.15, 0.2) is 17.5 Å². The lowest BCUT2D eigenvalue weighted by atomic mass is 10.2. The number of ether oxygens (including phenoxy) is 2. The van der Waals surface area contributed by atoms with E-state index in [2.05, 4.69) is 22.5 Å². The summed E-state index contributed by atoms with van der Waals surface area (Å²) in [5.41, 5.74) is 0.935. The Labute approximate surface area is 133 Å². The molecule has 0 heterocycles. The molecule has 2 rings (SSSR count).